The van der Waals surface area contributed by atoms with Gasteiger partial charge in [-0.1, -0.05) is 26.0 Å². The fourth-order valence-corrected chi connectivity index (χ4v) is 2.65. The molecule has 1 atom stereocenters. The summed E-state index contributed by atoms with van der Waals surface area (Å²) >= 11 is 0. The fourth-order valence-electron chi connectivity index (χ4n) is 2.65. The summed E-state index contributed by atoms with van der Waals surface area (Å²) < 4.78 is 5.71. The van der Waals surface area contributed by atoms with Gasteiger partial charge in [0.2, 0.25) is 0 Å². The molecule has 0 aliphatic rings. The number of hydrogen-bond donors (Lipinski definition) is 1. The minimum atomic E-state index is -0.543. The molecule has 0 spiro atoms. The normalized spacial score (nSPS) is 13.8. The molecule has 0 aromatic heterocycles. The third-order valence-electron chi connectivity index (χ3n) is 3.79. The van der Waals surface area contributed by atoms with Crippen LogP contribution in [0.1, 0.15) is 53.2 Å². The molecule has 20 heavy (non-hydrogen) atoms. The summed E-state index contributed by atoms with van der Waals surface area (Å²) in [6.45, 7) is 14.3. The highest BCUT2D eigenvalue weighted by Crippen LogP contribution is 2.32. The molecule has 3 heteroatoms. The molecule has 1 aromatic carbocycles. The Hall–Kier alpha value is -1.06. The third-order valence-corrected chi connectivity index (χ3v) is 3.79. The highest BCUT2D eigenvalue weighted by molar-refractivity contribution is 5.31. The summed E-state index contributed by atoms with van der Waals surface area (Å²) in [7, 11) is 0. The van der Waals surface area contributed by atoms with Gasteiger partial charge in [0.1, 0.15) is 5.75 Å². The topological polar surface area (TPSA) is 32.7 Å². The van der Waals surface area contributed by atoms with E-state index >= 15 is 0 Å². The summed E-state index contributed by atoms with van der Waals surface area (Å²) in [6.07, 6.45) is -0.406. The Bertz CT molecular complexity index is 411. The number of ether oxygens (including phenoxy) is 1. The number of hydrogen-bond acceptors (Lipinski definition) is 3. The second-order valence-electron chi connectivity index (χ2n) is 5.97. The molecule has 0 amide bonds. The van der Waals surface area contributed by atoms with Crippen molar-refractivity contribution in [2.45, 2.75) is 59.3 Å². The van der Waals surface area contributed by atoms with E-state index in [2.05, 4.69) is 32.6 Å². The largest absolute Gasteiger partial charge is 0.491 e. The van der Waals surface area contributed by atoms with Gasteiger partial charge in [0, 0.05) is 5.54 Å². The molecular formula is C17H29NO2. The van der Waals surface area contributed by atoms with Crippen molar-refractivity contribution in [1.82, 2.24) is 4.90 Å². The van der Waals surface area contributed by atoms with Crippen molar-refractivity contribution in [1.29, 1.82) is 0 Å². The van der Waals surface area contributed by atoms with E-state index in [0.29, 0.717) is 0 Å². The predicted molar refractivity (Wildman–Crippen MR) is 84.2 cm³/mol. The van der Waals surface area contributed by atoms with E-state index < -0.39 is 6.10 Å². The standard InChI is InChI=1S/C17H29NO2/c1-7-18(8-2)17(5,6)16(19)14-10-9-11-15(12-14)20-13(3)4/h9-13,16,19H,7-8H2,1-6H3. The van der Waals surface area contributed by atoms with Crippen molar-refractivity contribution < 1.29 is 9.84 Å². The molecule has 1 unspecified atom stereocenters. The number of nitrogens with zero attached hydrogens (tertiary/aromatic N) is 1. The van der Waals surface area contributed by atoms with Crippen LogP contribution in [0, 0.1) is 0 Å². The Morgan fingerprint density at radius 1 is 1.20 bits per heavy atom. The van der Waals surface area contributed by atoms with Gasteiger partial charge in [-0.25, -0.2) is 0 Å². The minimum Gasteiger partial charge on any atom is -0.491 e. The first kappa shape index (κ1) is 17.0. The van der Waals surface area contributed by atoms with E-state index in [1.165, 1.54) is 0 Å². The average molecular weight is 279 g/mol. The molecule has 0 saturated carbocycles. The zero-order chi connectivity index (χ0) is 15.3. The number of benzene rings is 1. The van der Waals surface area contributed by atoms with Gasteiger partial charge in [0.05, 0.1) is 12.2 Å². The SMILES string of the molecule is CCN(CC)C(C)(C)C(O)c1cccc(OC(C)C)c1. The van der Waals surface area contributed by atoms with Crippen LogP contribution in [0.25, 0.3) is 0 Å². The van der Waals surface area contributed by atoms with Gasteiger partial charge >= 0.3 is 0 Å². The van der Waals surface area contributed by atoms with Crippen molar-refractivity contribution in [2.24, 2.45) is 0 Å². The summed E-state index contributed by atoms with van der Waals surface area (Å²) in [5.74, 6) is 0.812. The maximum Gasteiger partial charge on any atom is 0.120 e. The Morgan fingerprint density at radius 3 is 2.30 bits per heavy atom. The molecule has 0 bridgehead atoms. The molecular weight excluding hydrogens is 250 g/mol. The second kappa shape index (κ2) is 7.09. The van der Waals surface area contributed by atoms with Gasteiger partial charge in [-0.05, 0) is 58.5 Å². The monoisotopic (exact) mass is 279 g/mol. The van der Waals surface area contributed by atoms with Crippen LogP contribution in [0.15, 0.2) is 24.3 Å². The van der Waals surface area contributed by atoms with Crippen LogP contribution >= 0.6 is 0 Å². The molecule has 3 nitrogen and oxygen atoms in total. The zero-order valence-corrected chi connectivity index (χ0v) is 13.7. The van der Waals surface area contributed by atoms with Gasteiger partial charge in [-0.2, -0.15) is 0 Å². The maximum atomic E-state index is 10.7. The first-order valence-corrected chi connectivity index (χ1v) is 7.52. The number of aliphatic hydroxyl groups is 1. The summed E-state index contributed by atoms with van der Waals surface area (Å²) in [5, 5.41) is 10.7. The van der Waals surface area contributed by atoms with Crippen LogP contribution < -0.4 is 4.74 Å². The van der Waals surface area contributed by atoms with Gasteiger partial charge in [-0.15, -0.1) is 0 Å². The Kier molecular flexibility index (Phi) is 6.03. The van der Waals surface area contributed by atoms with Crippen molar-refractivity contribution in [3.05, 3.63) is 29.8 Å². The van der Waals surface area contributed by atoms with Gasteiger partial charge in [0.25, 0.3) is 0 Å². The quantitative estimate of drug-likeness (QED) is 0.827. The van der Waals surface area contributed by atoms with Crippen molar-refractivity contribution >= 4 is 0 Å². The second-order valence-corrected chi connectivity index (χ2v) is 5.97. The summed E-state index contributed by atoms with van der Waals surface area (Å²) in [4.78, 5) is 2.27. The number of rotatable bonds is 7. The van der Waals surface area contributed by atoms with Crippen LogP contribution in [0.4, 0.5) is 0 Å². The molecule has 0 heterocycles. The van der Waals surface area contributed by atoms with E-state index in [1.54, 1.807) is 0 Å². The van der Waals surface area contributed by atoms with Crippen LogP contribution in [-0.2, 0) is 0 Å². The number of aliphatic hydroxyl groups excluding tert-OH is 1. The summed E-state index contributed by atoms with van der Waals surface area (Å²) in [5.41, 5.74) is 0.597. The summed E-state index contributed by atoms with van der Waals surface area (Å²) in [6, 6.07) is 7.77. The number of likely N-dealkylation sites (N-methyl/N-ethyl adjacent to an activating group) is 1. The van der Waals surface area contributed by atoms with Crippen molar-refractivity contribution in [3.63, 3.8) is 0 Å². The smallest absolute Gasteiger partial charge is 0.120 e. The predicted octanol–water partition coefficient (Wildman–Crippen LogP) is 3.63. The first-order valence-electron chi connectivity index (χ1n) is 7.52. The molecule has 0 aliphatic heterocycles. The maximum absolute atomic E-state index is 10.7. The fraction of sp³-hybridized carbons (Fsp3) is 0.647. The van der Waals surface area contributed by atoms with Crippen molar-refractivity contribution in [2.75, 3.05) is 13.1 Å². The van der Waals surface area contributed by atoms with Crippen LogP contribution in [0.5, 0.6) is 5.75 Å². The molecule has 0 aliphatic carbocycles. The van der Waals surface area contributed by atoms with Gasteiger partial charge in [-0.3, -0.25) is 4.90 Å². The van der Waals surface area contributed by atoms with Crippen LogP contribution in [0.3, 0.4) is 0 Å². The molecule has 1 N–H and O–H groups in total. The first-order chi connectivity index (χ1) is 9.32. The molecule has 1 rings (SSSR count). The van der Waals surface area contributed by atoms with E-state index in [-0.39, 0.29) is 11.6 Å². The Balaban J connectivity index is 2.98. The van der Waals surface area contributed by atoms with E-state index in [4.69, 9.17) is 4.74 Å². The minimum absolute atomic E-state index is 0.137. The van der Waals surface area contributed by atoms with E-state index in [0.717, 1.165) is 24.4 Å². The Morgan fingerprint density at radius 2 is 1.80 bits per heavy atom. The molecule has 114 valence electrons. The molecule has 0 radical (unpaired) electrons. The lowest BCUT2D eigenvalue weighted by Gasteiger charge is -2.41. The lowest BCUT2D eigenvalue weighted by molar-refractivity contribution is -0.00640. The highest BCUT2D eigenvalue weighted by atomic mass is 16.5. The zero-order valence-electron chi connectivity index (χ0n) is 13.7. The van der Waals surface area contributed by atoms with Gasteiger partial charge in [0.15, 0.2) is 0 Å². The van der Waals surface area contributed by atoms with E-state index in [1.807, 2.05) is 38.1 Å². The highest BCUT2D eigenvalue weighted by Gasteiger charge is 2.33. The van der Waals surface area contributed by atoms with E-state index in [9.17, 15) is 5.11 Å². The molecule has 0 saturated heterocycles. The lowest BCUT2D eigenvalue weighted by atomic mass is 9.89. The Labute approximate surface area is 123 Å². The molecule has 1 aromatic rings. The van der Waals surface area contributed by atoms with Gasteiger partial charge < -0.3 is 9.84 Å². The van der Waals surface area contributed by atoms with Crippen LogP contribution in [0.2, 0.25) is 0 Å². The lowest BCUT2D eigenvalue weighted by Crippen LogP contribution is -2.48. The third kappa shape index (κ3) is 3.97. The van der Waals surface area contributed by atoms with Crippen LogP contribution in [-0.4, -0.2) is 34.7 Å². The van der Waals surface area contributed by atoms with Crippen molar-refractivity contribution in [3.8, 4) is 5.75 Å². The average Bonchev–Trinajstić information content (AvgIpc) is 2.38. The molecule has 0 fully saturated rings.